The molecule has 0 radical (unpaired) electrons. The van der Waals surface area contributed by atoms with Gasteiger partial charge in [-0.2, -0.15) is 0 Å². The smallest absolute Gasteiger partial charge is 0.328 e. The molecule has 0 atom stereocenters. The van der Waals surface area contributed by atoms with Crippen molar-refractivity contribution in [1.29, 1.82) is 0 Å². The lowest BCUT2D eigenvalue weighted by Gasteiger charge is -2.09. The van der Waals surface area contributed by atoms with Crippen LogP contribution in [0.2, 0.25) is 0 Å². The molecule has 2 N–H and O–H groups in total. The highest BCUT2D eigenvalue weighted by Gasteiger charge is 2.07. The first-order chi connectivity index (χ1) is 8.65. The summed E-state index contributed by atoms with van der Waals surface area (Å²) >= 11 is 0. The Bertz CT molecular complexity index is 599. The molecule has 2 rings (SSSR count). The Kier molecular flexibility index (Phi) is 3.41. The molecule has 1 aromatic heterocycles. The van der Waals surface area contributed by atoms with E-state index in [2.05, 4.69) is 0 Å². The van der Waals surface area contributed by atoms with Gasteiger partial charge in [0.15, 0.2) is 0 Å². The van der Waals surface area contributed by atoms with Gasteiger partial charge in [0.05, 0.1) is 13.7 Å². The van der Waals surface area contributed by atoms with E-state index in [1.54, 1.807) is 34.7 Å². The molecule has 0 amide bonds. The zero-order chi connectivity index (χ0) is 13.1. The second-order valence-corrected chi connectivity index (χ2v) is 4.07. The van der Waals surface area contributed by atoms with Crippen LogP contribution in [0.5, 0.6) is 5.75 Å². The predicted octanol–water partition coefficient (Wildman–Crippen LogP) is 1.31. The molecule has 1 heterocycles. The van der Waals surface area contributed by atoms with Crippen LogP contribution in [0.4, 0.5) is 5.69 Å². The van der Waals surface area contributed by atoms with Crippen LogP contribution in [0.3, 0.4) is 0 Å². The lowest BCUT2D eigenvalue weighted by atomic mass is 10.2. The predicted molar refractivity (Wildman–Crippen MR) is 70.9 cm³/mol. The SMILES string of the molecule is CCn1ccn(Cc2cc(N)ccc2OC)c1=O. The largest absolute Gasteiger partial charge is 0.496 e. The fourth-order valence-electron chi connectivity index (χ4n) is 1.92. The molecule has 1 aromatic carbocycles. The number of hydrogen-bond donors (Lipinski definition) is 1. The van der Waals surface area contributed by atoms with E-state index in [1.807, 2.05) is 19.1 Å². The molecule has 18 heavy (non-hydrogen) atoms. The maximum absolute atomic E-state index is 11.9. The number of nitrogens with two attached hydrogens (primary N) is 1. The molecule has 5 heteroatoms. The van der Waals surface area contributed by atoms with Crippen LogP contribution < -0.4 is 16.2 Å². The van der Waals surface area contributed by atoms with Crippen molar-refractivity contribution in [3.05, 3.63) is 46.6 Å². The summed E-state index contributed by atoms with van der Waals surface area (Å²) in [7, 11) is 1.61. The lowest BCUT2D eigenvalue weighted by molar-refractivity contribution is 0.408. The standard InChI is InChI=1S/C13H17N3O2/c1-3-15-6-7-16(13(15)17)9-10-8-11(14)4-5-12(10)18-2/h4-8H,3,9,14H2,1-2H3. The number of ether oxygens (including phenoxy) is 1. The third-order valence-corrected chi connectivity index (χ3v) is 2.90. The van der Waals surface area contributed by atoms with Crippen molar-refractivity contribution in [3.8, 4) is 5.75 Å². The van der Waals surface area contributed by atoms with Gasteiger partial charge in [0.1, 0.15) is 5.75 Å². The maximum atomic E-state index is 11.9. The minimum atomic E-state index is -0.0259. The summed E-state index contributed by atoms with van der Waals surface area (Å²) in [5.41, 5.74) is 7.29. The molecular weight excluding hydrogens is 230 g/mol. The molecule has 0 unspecified atom stereocenters. The second-order valence-electron chi connectivity index (χ2n) is 4.07. The summed E-state index contributed by atoms with van der Waals surface area (Å²) in [5, 5.41) is 0. The van der Waals surface area contributed by atoms with E-state index in [1.165, 1.54) is 0 Å². The van der Waals surface area contributed by atoms with Gasteiger partial charge in [-0.25, -0.2) is 4.79 Å². The van der Waals surface area contributed by atoms with Crippen LogP contribution in [0.1, 0.15) is 12.5 Å². The first kappa shape index (κ1) is 12.3. The van der Waals surface area contributed by atoms with Gasteiger partial charge in [-0.3, -0.25) is 9.13 Å². The van der Waals surface area contributed by atoms with Crippen LogP contribution in [0.15, 0.2) is 35.4 Å². The number of rotatable bonds is 4. The number of hydrogen-bond acceptors (Lipinski definition) is 3. The second kappa shape index (κ2) is 5.00. The summed E-state index contributed by atoms with van der Waals surface area (Å²) < 4.78 is 8.56. The number of aromatic nitrogens is 2. The van der Waals surface area contributed by atoms with Crippen LogP contribution in [-0.2, 0) is 13.1 Å². The average molecular weight is 247 g/mol. The summed E-state index contributed by atoms with van der Waals surface area (Å²) in [6, 6.07) is 5.42. The Morgan fingerprint density at radius 3 is 2.61 bits per heavy atom. The Morgan fingerprint density at radius 1 is 1.28 bits per heavy atom. The molecule has 96 valence electrons. The van der Waals surface area contributed by atoms with E-state index in [0.29, 0.717) is 18.8 Å². The fraction of sp³-hybridized carbons (Fsp3) is 0.308. The average Bonchev–Trinajstić information content (AvgIpc) is 2.71. The Hall–Kier alpha value is -2.17. The van der Waals surface area contributed by atoms with Crippen molar-refractivity contribution in [1.82, 2.24) is 9.13 Å². The minimum absolute atomic E-state index is 0.0259. The van der Waals surface area contributed by atoms with Gasteiger partial charge in [-0.05, 0) is 25.1 Å². The molecule has 5 nitrogen and oxygen atoms in total. The van der Waals surface area contributed by atoms with Gasteiger partial charge in [0, 0.05) is 30.2 Å². The van der Waals surface area contributed by atoms with E-state index < -0.39 is 0 Å². The monoisotopic (exact) mass is 247 g/mol. The van der Waals surface area contributed by atoms with E-state index >= 15 is 0 Å². The van der Waals surface area contributed by atoms with Gasteiger partial charge < -0.3 is 10.5 Å². The summed E-state index contributed by atoms with van der Waals surface area (Å²) in [5.74, 6) is 0.736. The van der Waals surface area contributed by atoms with Gasteiger partial charge in [-0.1, -0.05) is 0 Å². The first-order valence-electron chi connectivity index (χ1n) is 5.83. The molecule has 0 saturated carbocycles. The molecule has 0 bridgehead atoms. The van der Waals surface area contributed by atoms with Gasteiger partial charge in [0.25, 0.3) is 0 Å². The number of anilines is 1. The first-order valence-corrected chi connectivity index (χ1v) is 5.83. The van der Waals surface area contributed by atoms with Crippen LogP contribution in [0, 0.1) is 0 Å². The Balaban J connectivity index is 2.36. The van der Waals surface area contributed by atoms with E-state index in [4.69, 9.17) is 10.5 Å². The Morgan fingerprint density at radius 2 is 2.00 bits per heavy atom. The molecule has 0 saturated heterocycles. The topological polar surface area (TPSA) is 62.2 Å². The number of nitrogen functional groups attached to an aromatic ring is 1. The lowest BCUT2D eigenvalue weighted by Crippen LogP contribution is -2.24. The number of aryl methyl sites for hydroxylation is 1. The van der Waals surface area contributed by atoms with Crippen molar-refractivity contribution in [2.75, 3.05) is 12.8 Å². The van der Waals surface area contributed by atoms with Crippen molar-refractivity contribution < 1.29 is 4.74 Å². The van der Waals surface area contributed by atoms with Crippen LogP contribution in [-0.4, -0.2) is 16.2 Å². The van der Waals surface area contributed by atoms with Crippen LogP contribution in [0.25, 0.3) is 0 Å². The minimum Gasteiger partial charge on any atom is -0.496 e. The molecular formula is C13H17N3O2. The van der Waals surface area contributed by atoms with E-state index in [-0.39, 0.29) is 5.69 Å². The van der Waals surface area contributed by atoms with Crippen LogP contribution >= 0.6 is 0 Å². The highest BCUT2D eigenvalue weighted by atomic mass is 16.5. The van der Waals surface area contributed by atoms with E-state index in [9.17, 15) is 4.79 Å². The third kappa shape index (κ3) is 2.25. The summed E-state index contributed by atoms with van der Waals surface area (Å²) in [6.45, 7) is 3.06. The molecule has 0 fully saturated rings. The van der Waals surface area contributed by atoms with Crippen molar-refractivity contribution in [2.24, 2.45) is 0 Å². The summed E-state index contributed by atoms with van der Waals surface area (Å²) in [6.07, 6.45) is 3.55. The molecule has 0 aliphatic carbocycles. The maximum Gasteiger partial charge on any atom is 0.328 e. The molecule has 0 spiro atoms. The number of nitrogens with zero attached hydrogens (tertiary/aromatic N) is 2. The van der Waals surface area contributed by atoms with E-state index in [0.717, 1.165) is 11.3 Å². The third-order valence-electron chi connectivity index (χ3n) is 2.90. The van der Waals surface area contributed by atoms with Gasteiger partial charge in [0.2, 0.25) is 0 Å². The number of imidazole rings is 1. The highest BCUT2D eigenvalue weighted by Crippen LogP contribution is 2.21. The van der Waals surface area contributed by atoms with Crippen molar-refractivity contribution in [2.45, 2.75) is 20.0 Å². The number of methoxy groups -OCH3 is 1. The van der Waals surface area contributed by atoms with Crippen molar-refractivity contribution >= 4 is 5.69 Å². The fourth-order valence-corrected chi connectivity index (χ4v) is 1.92. The highest BCUT2D eigenvalue weighted by molar-refractivity contribution is 5.47. The zero-order valence-corrected chi connectivity index (χ0v) is 10.6. The van der Waals surface area contributed by atoms with Gasteiger partial charge in [-0.15, -0.1) is 0 Å². The zero-order valence-electron chi connectivity index (χ0n) is 10.6. The van der Waals surface area contributed by atoms with Gasteiger partial charge >= 0.3 is 5.69 Å². The molecule has 0 aliphatic heterocycles. The van der Waals surface area contributed by atoms with Crippen molar-refractivity contribution in [3.63, 3.8) is 0 Å². The summed E-state index contributed by atoms with van der Waals surface area (Å²) in [4.78, 5) is 11.9. The molecule has 0 aliphatic rings. The normalized spacial score (nSPS) is 10.6. The number of benzene rings is 1. The quantitative estimate of drug-likeness (QED) is 0.828. The Labute approximate surface area is 105 Å². The molecule has 2 aromatic rings.